The summed E-state index contributed by atoms with van der Waals surface area (Å²) in [7, 11) is 0. The molecule has 0 radical (unpaired) electrons. The summed E-state index contributed by atoms with van der Waals surface area (Å²) in [5.41, 5.74) is 0. The van der Waals surface area contributed by atoms with Crippen molar-refractivity contribution in [2.45, 2.75) is 193 Å². The number of anilines is 2. The first-order valence-electron chi connectivity index (χ1n) is 20.5. The van der Waals surface area contributed by atoms with E-state index >= 15 is 0 Å². The van der Waals surface area contributed by atoms with Gasteiger partial charge in [-0.15, -0.1) is 0 Å². The van der Waals surface area contributed by atoms with Crippen LogP contribution in [0.3, 0.4) is 0 Å². The van der Waals surface area contributed by atoms with Crippen LogP contribution in [0, 0.1) is 0 Å². The van der Waals surface area contributed by atoms with Crippen molar-refractivity contribution >= 4 is 47.2 Å². The zero-order valence-corrected chi connectivity index (χ0v) is 39.4. The Morgan fingerprint density at radius 1 is 0.564 bits per heavy atom. The van der Waals surface area contributed by atoms with Crippen molar-refractivity contribution in [1.29, 1.82) is 0 Å². The zero-order valence-electron chi connectivity index (χ0n) is 34.6. The first-order chi connectivity index (χ1) is 25.7. The first kappa shape index (κ1) is 55.9. The molecule has 0 aliphatic carbocycles. The fraction of sp³-hybridized carbons (Fsp3) is 0.821. The number of carboxylic acids is 2. The molecule has 0 aliphatic heterocycles. The van der Waals surface area contributed by atoms with Crippen molar-refractivity contribution < 1.29 is 89.1 Å². The van der Waals surface area contributed by atoms with Crippen LogP contribution in [-0.2, 0) is 9.59 Å². The Labute approximate surface area is 380 Å². The van der Waals surface area contributed by atoms with Gasteiger partial charge in [-0.2, -0.15) is 15.0 Å². The fourth-order valence-corrected chi connectivity index (χ4v) is 6.13. The van der Waals surface area contributed by atoms with Gasteiger partial charge in [-0.3, -0.25) is 0 Å². The van der Waals surface area contributed by atoms with E-state index in [4.69, 9.17) is 11.6 Å². The van der Waals surface area contributed by atoms with Gasteiger partial charge < -0.3 is 41.0 Å². The quantitative estimate of drug-likeness (QED) is 0.0334. The topological polar surface area (TPSA) is 208 Å². The summed E-state index contributed by atoms with van der Waals surface area (Å²) in [6.45, 7) is 5.11. The molecule has 13 nitrogen and oxygen atoms in total. The third-order valence-corrected chi connectivity index (χ3v) is 9.35. The Hall–Kier alpha value is -1.22. The predicted molar refractivity (Wildman–Crippen MR) is 211 cm³/mol. The van der Waals surface area contributed by atoms with E-state index in [9.17, 15) is 30.0 Å². The second kappa shape index (κ2) is 38.3. The standard InChI is InChI=1S/C39H70ClN7O6.2Na/c1-3-5-7-9-11-13-15-17-19-27-33(48)41-29-23-21-25-31(35(50)51)43-38-45-37(40)46-39(47-38)44-32(36(52)53)26-22-24-30-42-34(49)28-20-18-16-14-12-10-8-6-4-2;;/h31-32H,3-30H2,1-2H3,(H,41,48)(H,42,49)(H,50,51)(H,52,53)(H2,43,44,45,46,47);;/q;2*+1/p-2/t31-,32-;;/m0../s1. The normalized spacial score (nSPS) is 12.7. The number of carboxylic acid groups (broad SMARTS) is 2. The molecule has 4 N–H and O–H groups in total. The monoisotopic (exact) mass is 811 g/mol. The number of halogens is 1. The largest absolute Gasteiger partial charge is 1.00 e. The van der Waals surface area contributed by atoms with Crippen LogP contribution in [0.1, 0.15) is 181 Å². The van der Waals surface area contributed by atoms with Crippen LogP contribution in [0.25, 0.3) is 0 Å². The molecule has 55 heavy (non-hydrogen) atoms. The molecule has 0 saturated heterocycles. The molecule has 1 aromatic heterocycles. The minimum Gasteiger partial charge on any atom is -0.862 e. The third-order valence-electron chi connectivity index (χ3n) is 9.18. The summed E-state index contributed by atoms with van der Waals surface area (Å²) < 4.78 is 0. The molecule has 1 heterocycles. The van der Waals surface area contributed by atoms with Crippen molar-refractivity contribution in [3.8, 4) is 0 Å². The molecule has 1 aromatic rings. The molecule has 0 aromatic carbocycles. The van der Waals surface area contributed by atoms with Gasteiger partial charge in [-0.1, -0.05) is 117 Å². The van der Waals surface area contributed by atoms with Crippen LogP contribution in [0.2, 0.25) is 5.28 Å². The SMILES string of the molecule is CCCCCCCCCCCC([O-])=NCCCC[C@H](Nc1nc(Cl)nc(N[C@@H](CCCCN=C([O-])CCCCCCCCCCC)C(=O)O)n1)C(=O)O.[Na+].[Na+]. The van der Waals surface area contributed by atoms with Crippen LogP contribution >= 0.6 is 11.6 Å². The number of aliphatic imine (C=N–C) groups is 2. The number of nitrogens with one attached hydrogen (secondary N) is 2. The second-order valence-corrected chi connectivity index (χ2v) is 14.4. The Morgan fingerprint density at radius 2 is 0.891 bits per heavy atom. The summed E-state index contributed by atoms with van der Waals surface area (Å²) in [6.07, 6.45) is 24.8. The molecule has 0 fully saturated rings. The van der Waals surface area contributed by atoms with Crippen molar-refractivity contribution in [3.63, 3.8) is 0 Å². The maximum absolute atomic E-state index is 12.1. The number of unbranched alkanes of at least 4 members (excludes halogenated alkanes) is 18. The molecule has 0 saturated carbocycles. The number of aromatic nitrogens is 3. The van der Waals surface area contributed by atoms with Gasteiger partial charge in [0.05, 0.1) is 0 Å². The van der Waals surface area contributed by atoms with Gasteiger partial charge >= 0.3 is 71.1 Å². The fourth-order valence-electron chi connectivity index (χ4n) is 5.97. The van der Waals surface area contributed by atoms with Crippen molar-refractivity contribution in [2.75, 3.05) is 23.7 Å². The molecule has 0 amide bonds. The summed E-state index contributed by atoms with van der Waals surface area (Å²) in [5, 5.41) is 49.0. The van der Waals surface area contributed by atoms with Gasteiger partial charge in [0.2, 0.25) is 17.2 Å². The zero-order chi connectivity index (χ0) is 38.9. The third kappa shape index (κ3) is 32.4. The van der Waals surface area contributed by atoms with Gasteiger partial charge in [0.15, 0.2) is 0 Å². The van der Waals surface area contributed by atoms with Gasteiger partial charge in [-0.05, 0) is 87.6 Å². The minimum atomic E-state index is -1.12. The first-order valence-corrected chi connectivity index (χ1v) is 20.8. The Kier molecular flexibility index (Phi) is 38.9. The van der Waals surface area contributed by atoms with E-state index in [0.717, 1.165) is 38.5 Å². The number of carbonyl (C=O) groups is 2. The van der Waals surface area contributed by atoms with Gasteiger partial charge in [0.25, 0.3) is 0 Å². The van der Waals surface area contributed by atoms with E-state index in [0.29, 0.717) is 51.6 Å². The second-order valence-electron chi connectivity index (χ2n) is 14.0. The summed E-state index contributed by atoms with van der Waals surface area (Å²) in [6, 6.07) is -2.08. The number of rotatable bonds is 36. The molecule has 0 spiro atoms. The molecular formula is C39H68ClN7Na2O6. The molecule has 2 atom stereocenters. The van der Waals surface area contributed by atoms with E-state index in [2.05, 4.69) is 49.4 Å². The van der Waals surface area contributed by atoms with Crippen molar-refractivity contribution in [2.24, 2.45) is 9.98 Å². The molecule has 0 bridgehead atoms. The van der Waals surface area contributed by atoms with Crippen LogP contribution in [-0.4, -0.2) is 74.1 Å². The van der Waals surface area contributed by atoms with E-state index in [1.165, 1.54) is 77.0 Å². The van der Waals surface area contributed by atoms with Crippen LogP contribution in [0.4, 0.5) is 11.9 Å². The average Bonchev–Trinajstić information content (AvgIpc) is 3.11. The molecular weight excluding hydrogens is 744 g/mol. The average molecular weight is 812 g/mol. The van der Waals surface area contributed by atoms with E-state index in [-0.39, 0.29) is 101 Å². The summed E-state index contributed by atoms with van der Waals surface area (Å²) in [5.74, 6) is -2.65. The van der Waals surface area contributed by atoms with E-state index < -0.39 is 24.0 Å². The van der Waals surface area contributed by atoms with Crippen LogP contribution in [0.5, 0.6) is 0 Å². The van der Waals surface area contributed by atoms with Crippen molar-refractivity contribution in [1.82, 2.24) is 15.0 Å². The van der Waals surface area contributed by atoms with E-state index in [1.54, 1.807) is 0 Å². The maximum atomic E-state index is 12.1. The van der Waals surface area contributed by atoms with Crippen molar-refractivity contribution in [3.05, 3.63) is 5.28 Å². The molecule has 1 rings (SSSR count). The number of aliphatic carboxylic acids is 2. The summed E-state index contributed by atoms with van der Waals surface area (Å²) >= 11 is 6.07. The molecule has 304 valence electrons. The smallest absolute Gasteiger partial charge is 0.862 e. The van der Waals surface area contributed by atoms with Gasteiger partial charge in [0.1, 0.15) is 12.1 Å². The summed E-state index contributed by atoms with van der Waals surface area (Å²) in [4.78, 5) is 44.2. The minimum absolute atomic E-state index is 0. The van der Waals surface area contributed by atoms with Crippen LogP contribution < -0.4 is 80.0 Å². The Bertz CT molecular complexity index is 1100. The number of hydrogen-bond acceptors (Lipinski definition) is 11. The molecule has 0 unspecified atom stereocenters. The number of hydrogen-bond donors (Lipinski definition) is 4. The number of nitrogens with zero attached hydrogens (tertiary/aromatic N) is 5. The molecule has 0 aliphatic rings. The predicted octanol–water partition coefficient (Wildman–Crippen LogP) is 1.96. The Balaban J connectivity index is 0. The van der Waals surface area contributed by atoms with E-state index in [1.807, 2.05) is 0 Å². The maximum Gasteiger partial charge on any atom is 1.00 e. The Morgan fingerprint density at radius 3 is 1.22 bits per heavy atom. The van der Waals surface area contributed by atoms with Gasteiger partial charge in [0, 0.05) is 13.1 Å². The van der Waals surface area contributed by atoms with Crippen LogP contribution in [0.15, 0.2) is 9.98 Å². The van der Waals surface area contributed by atoms with Gasteiger partial charge in [-0.25, -0.2) is 9.59 Å². The molecule has 16 heteroatoms.